The lowest BCUT2D eigenvalue weighted by Gasteiger charge is -2.33. The second kappa shape index (κ2) is 7.23. The van der Waals surface area contributed by atoms with Crippen molar-refractivity contribution in [3.05, 3.63) is 70.5 Å². The summed E-state index contributed by atoms with van der Waals surface area (Å²) in [7, 11) is 0. The third kappa shape index (κ3) is 3.82. The first-order valence-corrected chi connectivity index (χ1v) is 8.37. The van der Waals surface area contributed by atoms with Gasteiger partial charge in [-0.2, -0.15) is 0 Å². The number of rotatable bonds is 5. The maximum absolute atomic E-state index is 13.6. The average Bonchev–Trinajstić information content (AvgIpc) is 2.51. The number of amides is 1. The molecule has 1 aliphatic carbocycles. The number of aliphatic carboxylic acids is 1. The molecular weight excluding hydrogens is 345 g/mol. The number of carbonyl (C=O) groups excluding carboxylic acids is 1. The summed E-state index contributed by atoms with van der Waals surface area (Å²) < 4.78 is 13.6. The molecule has 3 unspecified atom stereocenters. The maximum Gasteiger partial charge on any atom is 0.307 e. The highest BCUT2D eigenvalue weighted by Gasteiger charge is 2.42. The lowest BCUT2D eigenvalue weighted by Crippen LogP contribution is -2.45. The number of carboxylic acid groups (broad SMARTS) is 1. The summed E-state index contributed by atoms with van der Waals surface area (Å²) in [5.41, 5.74) is 1.28. The SMILES string of the molecule is O=C(O)C1CCC1C(=O)NC(c1cccc(F)c1)c1cccc(Cl)c1. The first kappa shape index (κ1) is 17.4. The molecule has 1 aliphatic rings. The van der Waals surface area contributed by atoms with Gasteiger partial charge in [0.05, 0.1) is 17.9 Å². The van der Waals surface area contributed by atoms with E-state index in [4.69, 9.17) is 16.7 Å². The molecule has 4 nitrogen and oxygen atoms in total. The Morgan fingerprint density at radius 1 is 1.08 bits per heavy atom. The monoisotopic (exact) mass is 361 g/mol. The fourth-order valence-electron chi connectivity index (χ4n) is 3.09. The fourth-order valence-corrected chi connectivity index (χ4v) is 3.29. The number of hydrogen-bond donors (Lipinski definition) is 2. The van der Waals surface area contributed by atoms with Gasteiger partial charge in [0.1, 0.15) is 5.82 Å². The molecule has 0 radical (unpaired) electrons. The van der Waals surface area contributed by atoms with Gasteiger partial charge in [0.25, 0.3) is 0 Å². The Kier molecular flexibility index (Phi) is 5.04. The molecule has 2 aromatic rings. The molecule has 0 aliphatic heterocycles. The van der Waals surface area contributed by atoms with E-state index in [1.807, 2.05) is 0 Å². The summed E-state index contributed by atoms with van der Waals surface area (Å²) in [6.07, 6.45) is 1.03. The van der Waals surface area contributed by atoms with Crippen LogP contribution in [0.2, 0.25) is 5.02 Å². The predicted molar refractivity (Wildman–Crippen MR) is 91.7 cm³/mol. The molecular formula is C19H17ClFNO3. The Morgan fingerprint density at radius 2 is 1.72 bits per heavy atom. The maximum atomic E-state index is 13.6. The molecule has 25 heavy (non-hydrogen) atoms. The van der Waals surface area contributed by atoms with Crippen LogP contribution in [0.3, 0.4) is 0 Å². The topological polar surface area (TPSA) is 66.4 Å². The Bertz CT molecular complexity index is 765. The number of carboxylic acids is 1. The van der Waals surface area contributed by atoms with E-state index in [-0.39, 0.29) is 5.91 Å². The normalized spacial score (nSPS) is 20.4. The van der Waals surface area contributed by atoms with Crippen molar-refractivity contribution in [1.29, 1.82) is 0 Å². The van der Waals surface area contributed by atoms with Crippen LogP contribution >= 0.6 is 11.6 Å². The second-order valence-electron chi connectivity index (χ2n) is 6.18. The largest absolute Gasteiger partial charge is 0.481 e. The van der Waals surface area contributed by atoms with Crippen molar-refractivity contribution in [2.45, 2.75) is 18.9 Å². The Labute approximate surface area is 149 Å². The van der Waals surface area contributed by atoms with Gasteiger partial charge in [-0.05, 0) is 48.2 Å². The van der Waals surface area contributed by atoms with Gasteiger partial charge in [0.15, 0.2) is 0 Å². The highest BCUT2D eigenvalue weighted by molar-refractivity contribution is 6.30. The molecule has 1 fully saturated rings. The molecule has 0 saturated heterocycles. The fraction of sp³-hybridized carbons (Fsp3) is 0.263. The number of benzene rings is 2. The Morgan fingerprint density at radius 3 is 2.28 bits per heavy atom. The van der Waals surface area contributed by atoms with Crippen LogP contribution in [0.5, 0.6) is 0 Å². The van der Waals surface area contributed by atoms with Gasteiger partial charge < -0.3 is 10.4 Å². The molecule has 6 heteroatoms. The van der Waals surface area contributed by atoms with Crippen molar-refractivity contribution in [3.8, 4) is 0 Å². The standard InChI is InChI=1S/C19H17ClFNO3/c20-13-5-1-3-11(9-13)17(12-4-2-6-14(21)10-12)22-18(23)15-7-8-16(15)19(24)25/h1-6,9-10,15-17H,7-8H2,(H,22,23)(H,24,25). The number of halogens is 2. The highest BCUT2D eigenvalue weighted by atomic mass is 35.5. The van der Waals surface area contributed by atoms with E-state index in [0.29, 0.717) is 29.0 Å². The zero-order valence-corrected chi connectivity index (χ0v) is 14.0. The molecule has 1 saturated carbocycles. The summed E-state index contributed by atoms with van der Waals surface area (Å²) in [5, 5.41) is 12.5. The first-order valence-electron chi connectivity index (χ1n) is 8.00. The van der Waals surface area contributed by atoms with E-state index in [1.54, 1.807) is 36.4 Å². The van der Waals surface area contributed by atoms with Gasteiger partial charge >= 0.3 is 5.97 Å². The molecule has 2 aromatic carbocycles. The van der Waals surface area contributed by atoms with E-state index < -0.39 is 29.7 Å². The quantitative estimate of drug-likeness (QED) is 0.851. The summed E-state index contributed by atoms with van der Waals surface area (Å²) in [6.45, 7) is 0. The van der Waals surface area contributed by atoms with Gasteiger partial charge in [-0.3, -0.25) is 9.59 Å². The van der Waals surface area contributed by atoms with E-state index >= 15 is 0 Å². The van der Waals surface area contributed by atoms with E-state index in [0.717, 1.165) is 0 Å². The summed E-state index contributed by atoms with van der Waals surface area (Å²) in [6, 6.07) is 12.3. The minimum atomic E-state index is -0.962. The van der Waals surface area contributed by atoms with E-state index in [2.05, 4.69) is 5.32 Å². The smallest absolute Gasteiger partial charge is 0.307 e. The molecule has 3 atom stereocenters. The second-order valence-corrected chi connectivity index (χ2v) is 6.62. The lowest BCUT2D eigenvalue weighted by atomic mass is 9.73. The number of hydrogen-bond acceptors (Lipinski definition) is 2. The van der Waals surface area contributed by atoms with Crippen molar-refractivity contribution in [2.24, 2.45) is 11.8 Å². The molecule has 0 spiro atoms. The third-order valence-electron chi connectivity index (χ3n) is 4.58. The summed E-state index contributed by atoms with van der Waals surface area (Å²) in [5.74, 6) is -2.93. The van der Waals surface area contributed by atoms with Crippen molar-refractivity contribution in [1.82, 2.24) is 5.32 Å². The predicted octanol–water partition coefficient (Wildman–Crippen LogP) is 3.80. The zero-order chi connectivity index (χ0) is 18.0. The van der Waals surface area contributed by atoms with Crippen LogP contribution < -0.4 is 5.32 Å². The van der Waals surface area contributed by atoms with E-state index in [9.17, 15) is 14.0 Å². The number of carbonyl (C=O) groups is 2. The van der Waals surface area contributed by atoms with E-state index in [1.165, 1.54) is 12.1 Å². The van der Waals surface area contributed by atoms with Gasteiger partial charge in [-0.1, -0.05) is 35.9 Å². The van der Waals surface area contributed by atoms with Crippen LogP contribution in [-0.4, -0.2) is 17.0 Å². The molecule has 0 aromatic heterocycles. The minimum absolute atomic E-state index is 0.340. The van der Waals surface area contributed by atoms with Crippen LogP contribution in [0, 0.1) is 17.7 Å². The molecule has 0 bridgehead atoms. The molecule has 0 heterocycles. The molecule has 130 valence electrons. The van der Waals surface area contributed by atoms with Crippen LogP contribution in [0.15, 0.2) is 48.5 Å². The molecule has 3 rings (SSSR count). The molecule has 1 amide bonds. The average molecular weight is 362 g/mol. The van der Waals surface area contributed by atoms with Crippen LogP contribution in [0.25, 0.3) is 0 Å². The zero-order valence-electron chi connectivity index (χ0n) is 13.3. The van der Waals surface area contributed by atoms with Crippen molar-refractivity contribution in [3.63, 3.8) is 0 Å². The Hall–Kier alpha value is -2.40. The van der Waals surface area contributed by atoms with Crippen LogP contribution in [-0.2, 0) is 9.59 Å². The lowest BCUT2D eigenvalue weighted by molar-refractivity contribution is -0.152. The molecule has 2 N–H and O–H groups in total. The van der Waals surface area contributed by atoms with Gasteiger partial charge in [0.2, 0.25) is 5.91 Å². The Balaban J connectivity index is 1.89. The van der Waals surface area contributed by atoms with Gasteiger partial charge in [0, 0.05) is 5.02 Å². The van der Waals surface area contributed by atoms with Crippen molar-refractivity contribution >= 4 is 23.5 Å². The summed E-state index contributed by atoms with van der Waals surface area (Å²) >= 11 is 6.05. The first-order chi connectivity index (χ1) is 12.0. The number of nitrogens with one attached hydrogen (secondary N) is 1. The minimum Gasteiger partial charge on any atom is -0.481 e. The van der Waals surface area contributed by atoms with Gasteiger partial charge in [-0.15, -0.1) is 0 Å². The summed E-state index contributed by atoms with van der Waals surface area (Å²) in [4.78, 5) is 23.7. The van der Waals surface area contributed by atoms with Crippen LogP contribution in [0.4, 0.5) is 4.39 Å². The van der Waals surface area contributed by atoms with Gasteiger partial charge in [-0.25, -0.2) is 4.39 Å². The van der Waals surface area contributed by atoms with Crippen LogP contribution in [0.1, 0.15) is 30.0 Å². The highest BCUT2D eigenvalue weighted by Crippen LogP contribution is 2.35. The third-order valence-corrected chi connectivity index (χ3v) is 4.81. The van der Waals surface area contributed by atoms with Crippen molar-refractivity contribution in [2.75, 3.05) is 0 Å². The van der Waals surface area contributed by atoms with Crippen molar-refractivity contribution < 1.29 is 19.1 Å².